The van der Waals surface area contributed by atoms with Crippen LogP contribution >= 0.6 is 0 Å². The zero-order valence-electron chi connectivity index (χ0n) is 17.0. The fourth-order valence-electron chi connectivity index (χ4n) is 3.33. The number of aliphatic carboxylic acids is 1. The summed E-state index contributed by atoms with van der Waals surface area (Å²) in [6, 6.07) is 0. The van der Waals surface area contributed by atoms with E-state index in [1.807, 2.05) is 13.8 Å². The minimum absolute atomic E-state index is 0.0122. The van der Waals surface area contributed by atoms with Crippen molar-refractivity contribution >= 4 is 5.97 Å². The van der Waals surface area contributed by atoms with Gasteiger partial charge >= 0.3 is 5.97 Å². The molecule has 0 aromatic carbocycles. The first-order valence-electron chi connectivity index (χ1n) is 9.14. The molecule has 0 amide bonds. The van der Waals surface area contributed by atoms with E-state index in [4.69, 9.17) is 0 Å². The third kappa shape index (κ3) is 6.31. The monoisotopic (exact) mass is 324 g/mol. The normalized spacial score (nSPS) is 16.6. The number of carbonyl (C=O) groups is 1. The van der Waals surface area contributed by atoms with Crippen LogP contribution in [0.25, 0.3) is 0 Å². The van der Waals surface area contributed by atoms with Crippen molar-refractivity contribution in [3.63, 3.8) is 0 Å². The molecule has 2 nitrogen and oxygen atoms in total. The molecule has 1 atom stereocenters. The molecule has 1 unspecified atom stereocenters. The summed E-state index contributed by atoms with van der Waals surface area (Å²) in [4.78, 5) is 11.5. The summed E-state index contributed by atoms with van der Waals surface area (Å²) >= 11 is 0. The van der Waals surface area contributed by atoms with E-state index in [0.29, 0.717) is 11.8 Å². The van der Waals surface area contributed by atoms with Crippen molar-refractivity contribution < 1.29 is 9.90 Å². The molecule has 0 aliphatic heterocycles. The fourth-order valence-corrected chi connectivity index (χ4v) is 3.33. The van der Waals surface area contributed by atoms with E-state index < -0.39 is 11.4 Å². The van der Waals surface area contributed by atoms with Crippen LogP contribution in [0.5, 0.6) is 0 Å². The van der Waals surface area contributed by atoms with Gasteiger partial charge in [0.2, 0.25) is 0 Å². The summed E-state index contributed by atoms with van der Waals surface area (Å²) in [5.41, 5.74) is -0.431. The van der Waals surface area contributed by atoms with Gasteiger partial charge in [0.05, 0.1) is 5.41 Å². The van der Waals surface area contributed by atoms with Crippen LogP contribution < -0.4 is 0 Å². The predicted molar refractivity (Wildman–Crippen MR) is 101 cm³/mol. The van der Waals surface area contributed by atoms with Crippen LogP contribution in [0.3, 0.4) is 0 Å². The first-order valence-corrected chi connectivity index (χ1v) is 9.14. The molecule has 0 rings (SSSR count). The Labute approximate surface area is 144 Å². The molecule has 0 radical (unpaired) electrons. The highest BCUT2D eigenvalue weighted by Crippen LogP contribution is 2.50. The number of hydrogen-bond acceptors (Lipinski definition) is 1. The van der Waals surface area contributed by atoms with Gasteiger partial charge < -0.3 is 5.11 Å². The summed E-state index contributed by atoms with van der Waals surface area (Å²) in [5.74, 6) is -0.708. The molecule has 0 aliphatic carbocycles. The van der Waals surface area contributed by atoms with Crippen LogP contribution in [0.1, 0.15) is 94.4 Å². The van der Waals surface area contributed by atoms with Crippen LogP contribution in [0.2, 0.25) is 0 Å². The SMILES string of the molecule is CCCC(C)(C=CCC(C)(C)CC)C(C)(C)CC(C)(C)C(=O)O. The molecule has 1 N–H and O–H groups in total. The minimum Gasteiger partial charge on any atom is -0.481 e. The van der Waals surface area contributed by atoms with Crippen LogP contribution in [-0.2, 0) is 4.79 Å². The molecular weight excluding hydrogens is 284 g/mol. The lowest BCUT2D eigenvalue weighted by Gasteiger charge is -2.46. The first kappa shape index (κ1) is 22.2. The van der Waals surface area contributed by atoms with Gasteiger partial charge in [0.15, 0.2) is 0 Å². The van der Waals surface area contributed by atoms with Crippen molar-refractivity contribution in [1.82, 2.24) is 0 Å². The minimum atomic E-state index is -0.708. The molecule has 0 saturated carbocycles. The maximum Gasteiger partial charge on any atom is 0.309 e. The average Bonchev–Trinajstić information content (AvgIpc) is 2.37. The zero-order valence-corrected chi connectivity index (χ0v) is 17.0. The summed E-state index contributed by atoms with van der Waals surface area (Å²) in [6.07, 6.45) is 9.79. The Morgan fingerprint density at radius 1 is 1.00 bits per heavy atom. The van der Waals surface area contributed by atoms with E-state index in [-0.39, 0.29) is 10.8 Å². The Bertz CT molecular complexity index is 416. The van der Waals surface area contributed by atoms with Crippen molar-refractivity contribution in [3.05, 3.63) is 12.2 Å². The number of hydrogen-bond donors (Lipinski definition) is 1. The second-order valence-corrected chi connectivity index (χ2v) is 9.54. The van der Waals surface area contributed by atoms with Crippen molar-refractivity contribution in [2.24, 2.45) is 21.7 Å². The Morgan fingerprint density at radius 3 is 1.91 bits per heavy atom. The predicted octanol–water partition coefficient (Wildman–Crippen LogP) is 6.70. The third-order valence-corrected chi connectivity index (χ3v) is 5.89. The lowest BCUT2D eigenvalue weighted by molar-refractivity contribution is -0.149. The molecule has 23 heavy (non-hydrogen) atoms. The maximum atomic E-state index is 11.5. The van der Waals surface area contributed by atoms with E-state index in [2.05, 4.69) is 60.6 Å². The highest BCUT2D eigenvalue weighted by molar-refractivity contribution is 5.73. The largest absolute Gasteiger partial charge is 0.481 e. The summed E-state index contributed by atoms with van der Waals surface area (Å²) < 4.78 is 0. The summed E-state index contributed by atoms with van der Waals surface area (Å²) in [5, 5.41) is 9.50. The van der Waals surface area contributed by atoms with Crippen molar-refractivity contribution in [2.45, 2.75) is 94.4 Å². The van der Waals surface area contributed by atoms with Crippen LogP contribution in [0, 0.1) is 21.7 Å². The Kier molecular flexibility index (Phi) is 7.59. The van der Waals surface area contributed by atoms with E-state index in [1.165, 1.54) is 0 Å². The van der Waals surface area contributed by atoms with Crippen LogP contribution in [-0.4, -0.2) is 11.1 Å². The highest BCUT2D eigenvalue weighted by atomic mass is 16.4. The molecule has 0 aromatic rings. The Balaban J connectivity index is 5.40. The second-order valence-electron chi connectivity index (χ2n) is 9.54. The maximum absolute atomic E-state index is 11.5. The van der Waals surface area contributed by atoms with Gasteiger partial charge in [-0.1, -0.05) is 73.5 Å². The second kappa shape index (κ2) is 7.85. The fraction of sp³-hybridized carbons (Fsp3) is 0.857. The number of allylic oxidation sites excluding steroid dienone is 2. The molecule has 0 saturated heterocycles. The lowest BCUT2D eigenvalue weighted by Crippen LogP contribution is -2.40. The Hall–Kier alpha value is -0.790. The van der Waals surface area contributed by atoms with Gasteiger partial charge in [0.1, 0.15) is 0 Å². The number of carboxylic acid groups (broad SMARTS) is 1. The summed E-state index contributed by atoms with van der Waals surface area (Å²) in [7, 11) is 0. The smallest absolute Gasteiger partial charge is 0.309 e. The topological polar surface area (TPSA) is 37.3 Å². The molecule has 136 valence electrons. The van der Waals surface area contributed by atoms with Gasteiger partial charge in [-0.05, 0) is 49.4 Å². The van der Waals surface area contributed by atoms with Crippen molar-refractivity contribution in [1.29, 1.82) is 0 Å². The average molecular weight is 325 g/mol. The zero-order chi connectivity index (χ0) is 18.5. The molecule has 0 fully saturated rings. The van der Waals surface area contributed by atoms with E-state index in [9.17, 15) is 9.90 Å². The lowest BCUT2D eigenvalue weighted by atomic mass is 9.58. The van der Waals surface area contributed by atoms with E-state index >= 15 is 0 Å². The van der Waals surface area contributed by atoms with Crippen molar-refractivity contribution in [2.75, 3.05) is 0 Å². The third-order valence-electron chi connectivity index (χ3n) is 5.89. The molecule has 0 spiro atoms. The molecule has 2 heteroatoms. The molecular formula is C21H40O2. The van der Waals surface area contributed by atoms with Crippen LogP contribution in [0.4, 0.5) is 0 Å². The quantitative estimate of drug-likeness (QED) is 0.454. The molecule has 0 bridgehead atoms. The highest BCUT2D eigenvalue weighted by Gasteiger charge is 2.44. The van der Waals surface area contributed by atoms with Crippen molar-refractivity contribution in [3.8, 4) is 0 Å². The first-order chi connectivity index (χ1) is 10.2. The van der Waals surface area contributed by atoms with E-state index in [1.54, 1.807) is 0 Å². The standard InChI is InChI=1S/C21H40O2/c1-10-13-21(9,15-12-14-18(3,4)11-2)20(7,8)16-19(5,6)17(22)23/h12,15H,10-11,13-14,16H2,1-9H3,(H,22,23). The van der Waals surface area contributed by atoms with Gasteiger partial charge in [0, 0.05) is 0 Å². The van der Waals surface area contributed by atoms with Gasteiger partial charge in [-0.2, -0.15) is 0 Å². The molecule has 0 aromatic heterocycles. The van der Waals surface area contributed by atoms with E-state index in [0.717, 1.165) is 25.7 Å². The summed E-state index contributed by atoms with van der Waals surface area (Å²) in [6.45, 7) is 19.5. The molecule has 0 aliphatic rings. The Morgan fingerprint density at radius 2 is 1.52 bits per heavy atom. The number of carboxylic acids is 1. The van der Waals surface area contributed by atoms with Crippen LogP contribution in [0.15, 0.2) is 12.2 Å². The van der Waals surface area contributed by atoms with Gasteiger partial charge in [-0.25, -0.2) is 0 Å². The van der Waals surface area contributed by atoms with Gasteiger partial charge in [0.25, 0.3) is 0 Å². The van der Waals surface area contributed by atoms with Gasteiger partial charge in [-0.15, -0.1) is 0 Å². The number of rotatable bonds is 10. The molecule has 0 heterocycles. The van der Waals surface area contributed by atoms with Gasteiger partial charge in [-0.3, -0.25) is 4.79 Å².